The lowest BCUT2D eigenvalue weighted by Gasteiger charge is -2.06. The fraction of sp³-hybridized carbons (Fsp3) is 0.200. The molecule has 2 aromatic carbocycles. The van der Waals surface area contributed by atoms with Crippen molar-refractivity contribution in [3.05, 3.63) is 47.3 Å². The van der Waals surface area contributed by atoms with Gasteiger partial charge in [-0.2, -0.15) is 0 Å². The molecule has 3 aromatic rings. The molecule has 7 nitrogen and oxygen atoms in total. The maximum absolute atomic E-state index is 12.2. The minimum atomic E-state index is -0.285. The number of methoxy groups -OCH3 is 1. The Morgan fingerprint density at radius 2 is 1.89 bits per heavy atom. The normalized spacial score (nSPS) is 11.9. The van der Waals surface area contributed by atoms with E-state index in [2.05, 4.69) is 10.3 Å². The number of nitrogens with zero attached hydrogens (tertiary/aromatic N) is 1. The fourth-order valence-electron chi connectivity index (χ4n) is 2.74. The number of carbonyl (C=O) groups is 1. The average molecular weight is 398 g/mol. The molecular formula is C20H18N2O5S. The summed E-state index contributed by atoms with van der Waals surface area (Å²) in [7, 11) is 1.63. The molecule has 1 aliphatic heterocycles. The van der Waals surface area contributed by atoms with Crippen molar-refractivity contribution in [2.24, 2.45) is 0 Å². The lowest BCUT2D eigenvalue weighted by atomic mass is 10.1. The van der Waals surface area contributed by atoms with Crippen LogP contribution in [0.1, 0.15) is 4.88 Å². The molecule has 2 heterocycles. The summed E-state index contributed by atoms with van der Waals surface area (Å²) in [6, 6.07) is 12.8. The van der Waals surface area contributed by atoms with Crippen molar-refractivity contribution < 1.29 is 23.7 Å². The third-order valence-corrected chi connectivity index (χ3v) is 5.01. The molecule has 0 aliphatic carbocycles. The van der Waals surface area contributed by atoms with Crippen LogP contribution >= 0.6 is 11.3 Å². The van der Waals surface area contributed by atoms with Crippen LogP contribution in [0.4, 0.5) is 5.13 Å². The predicted octanol–water partition coefficient (Wildman–Crippen LogP) is 3.87. The number of ether oxygens (including phenoxy) is 4. The number of nitrogens with one attached hydrogen (secondary N) is 1. The van der Waals surface area contributed by atoms with E-state index in [9.17, 15) is 4.79 Å². The highest BCUT2D eigenvalue weighted by molar-refractivity contribution is 7.16. The molecule has 1 aliphatic rings. The van der Waals surface area contributed by atoms with Gasteiger partial charge in [-0.05, 0) is 43.3 Å². The van der Waals surface area contributed by atoms with Crippen LogP contribution in [0.25, 0.3) is 11.3 Å². The molecule has 8 heteroatoms. The lowest BCUT2D eigenvalue weighted by molar-refractivity contribution is -0.118. The van der Waals surface area contributed by atoms with Gasteiger partial charge in [-0.25, -0.2) is 4.98 Å². The first-order valence-electron chi connectivity index (χ1n) is 8.56. The van der Waals surface area contributed by atoms with Gasteiger partial charge in [-0.15, -0.1) is 11.3 Å². The Morgan fingerprint density at radius 1 is 1.14 bits per heavy atom. The largest absolute Gasteiger partial charge is 0.497 e. The van der Waals surface area contributed by atoms with Crippen molar-refractivity contribution in [2.75, 3.05) is 25.8 Å². The van der Waals surface area contributed by atoms with Crippen LogP contribution in [0.2, 0.25) is 0 Å². The fourth-order valence-corrected chi connectivity index (χ4v) is 3.59. The highest BCUT2D eigenvalue weighted by Gasteiger charge is 2.15. The summed E-state index contributed by atoms with van der Waals surface area (Å²) >= 11 is 1.42. The number of rotatable bonds is 6. The van der Waals surface area contributed by atoms with E-state index in [-0.39, 0.29) is 19.3 Å². The summed E-state index contributed by atoms with van der Waals surface area (Å²) in [5, 5.41) is 3.31. The van der Waals surface area contributed by atoms with Crippen LogP contribution in [0.3, 0.4) is 0 Å². The third-order valence-electron chi connectivity index (χ3n) is 4.12. The number of carbonyl (C=O) groups excluding carboxylic acids is 1. The number of benzene rings is 2. The quantitative estimate of drug-likeness (QED) is 0.679. The van der Waals surface area contributed by atoms with Gasteiger partial charge in [0.05, 0.1) is 12.8 Å². The molecule has 1 amide bonds. The van der Waals surface area contributed by atoms with Crippen LogP contribution in [0, 0.1) is 6.92 Å². The van der Waals surface area contributed by atoms with E-state index in [0.717, 1.165) is 21.9 Å². The Morgan fingerprint density at radius 3 is 2.68 bits per heavy atom. The van der Waals surface area contributed by atoms with Gasteiger partial charge in [0.25, 0.3) is 5.91 Å². The van der Waals surface area contributed by atoms with Crippen LogP contribution in [-0.4, -0.2) is 31.4 Å². The van der Waals surface area contributed by atoms with E-state index < -0.39 is 0 Å². The van der Waals surface area contributed by atoms with E-state index in [1.165, 1.54) is 11.3 Å². The summed E-state index contributed by atoms with van der Waals surface area (Å²) in [5.41, 5.74) is 1.80. The SMILES string of the molecule is COc1ccc(-c2nc(NC(=O)COc3ccc4c(c3)OCO4)sc2C)cc1. The first-order chi connectivity index (χ1) is 13.6. The minimum Gasteiger partial charge on any atom is -0.497 e. The second-order valence-electron chi connectivity index (χ2n) is 6.00. The smallest absolute Gasteiger partial charge is 0.264 e. The molecule has 0 atom stereocenters. The maximum atomic E-state index is 12.2. The summed E-state index contributed by atoms with van der Waals surface area (Å²) in [4.78, 5) is 17.8. The van der Waals surface area contributed by atoms with Crippen molar-refractivity contribution in [3.63, 3.8) is 0 Å². The van der Waals surface area contributed by atoms with Gasteiger partial charge in [0.2, 0.25) is 6.79 Å². The number of fused-ring (bicyclic) bond motifs is 1. The molecule has 0 spiro atoms. The number of hydrogen-bond donors (Lipinski definition) is 1. The zero-order valence-corrected chi connectivity index (χ0v) is 16.2. The standard InChI is InChI=1S/C20H18N2O5S/c1-12-19(13-3-5-14(24-2)6-4-13)22-20(28-12)21-18(23)10-25-15-7-8-16-17(9-15)27-11-26-16/h3-9H,10-11H2,1-2H3,(H,21,22,23). The zero-order valence-electron chi connectivity index (χ0n) is 15.4. The maximum Gasteiger partial charge on any atom is 0.264 e. The van der Waals surface area contributed by atoms with Gasteiger partial charge < -0.3 is 18.9 Å². The number of aryl methyl sites for hydroxylation is 1. The first-order valence-corrected chi connectivity index (χ1v) is 9.38. The van der Waals surface area contributed by atoms with E-state index >= 15 is 0 Å². The Balaban J connectivity index is 1.38. The monoisotopic (exact) mass is 398 g/mol. The first kappa shape index (κ1) is 18.1. The van der Waals surface area contributed by atoms with Crippen molar-refractivity contribution in [3.8, 4) is 34.3 Å². The second kappa shape index (κ2) is 7.77. The minimum absolute atomic E-state index is 0.129. The van der Waals surface area contributed by atoms with E-state index in [4.69, 9.17) is 18.9 Å². The number of thiazole rings is 1. The molecule has 28 heavy (non-hydrogen) atoms. The summed E-state index contributed by atoms with van der Waals surface area (Å²) < 4.78 is 21.3. The highest BCUT2D eigenvalue weighted by Crippen LogP contribution is 2.35. The summed E-state index contributed by atoms with van der Waals surface area (Å²) in [5.74, 6) is 2.31. The molecule has 144 valence electrons. The van der Waals surface area contributed by atoms with Crippen LogP contribution in [-0.2, 0) is 4.79 Å². The molecule has 4 rings (SSSR count). The van der Waals surface area contributed by atoms with Crippen molar-refractivity contribution in [2.45, 2.75) is 6.92 Å². The molecule has 0 saturated carbocycles. The van der Waals surface area contributed by atoms with Crippen LogP contribution in [0.15, 0.2) is 42.5 Å². The second-order valence-corrected chi connectivity index (χ2v) is 7.21. The zero-order chi connectivity index (χ0) is 19.5. The molecule has 0 fully saturated rings. The topological polar surface area (TPSA) is 78.9 Å². The number of aromatic nitrogens is 1. The number of amides is 1. The Bertz CT molecular complexity index is 1000. The van der Waals surface area contributed by atoms with Crippen LogP contribution in [0.5, 0.6) is 23.0 Å². The van der Waals surface area contributed by atoms with E-state index in [1.54, 1.807) is 25.3 Å². The van der Waals surface area contributed by atoms with Crippen molar-refractivity contribution >= 4 is 22.4 Å². The highest BCUT2D eigenvalue weighted by atomic mass is 32.1. The Kier molecular flexibility index (Phi) is 5.03. The van der Waals surface area contributed by atoms with Gasteiger partial charge in [0.1, 0.15) is 11.5 Å². The Labute approximate surface area is 165 Å². The average Bonchev–Trinajstić information content (AvgIpc) is 3.32. The molecular weight excluding hydrogens is 380 g/mol. The van der Waals surface area contributed by atoms with E-state index in [1.807, 2.05) is 31.2 Å². The van der Waals surface area contributed by atoms with Gasteiger partial charge in [0, 0.05) is 16.5 Å². The number of hydrogen-bond acceptors (Lipinski definition) is 7. The lowest BCUT2D eigenvalue weighted by Crippen LogP contribution is -2.20. The predicted molar refractivity (Wildman–Crippen MR) is 106 cm³/mol. The van der Waals surface area contributed by atoms with E-state index in [0.29, 0.717) is 22.4 Å². The molecule has 0 bridgehead atoms. The summed E-state index contributed by atoms with van der Waals surface area (Å²) in [6.07, 6.45) is 0. The van der Waals surface area contributed by atoms with Gasteiger partial charge >= 0.3 is 0 Å². The molecule has 0 radical (unpaired) electrons. The van der Waals surface area contributed by atoms with Crippen LogP contribution < -0.4 is 24.3 Å². The molecule has 1 aromatic heterocycles. The van der Waals surface area contributed by atoms with Gasteiger partial charge in [-0.3, -0.25) is 10.1 Å². The summed E-state index contributed by atoms with van der Waals surface area (Å²) in [6.45, 7) is 2.03. The van der Waals surface area contributed by atoms with Gasteiger partial charge in [0.15, 0.2) is 23.2 Å². The molecule has 0 saturated heterocycles. The van der Waals surface area contributed by atoms with Crippen molar-refractivity contribution in [1.82, 2.24) is 4.98 Å². The molecule has 0 unspecified atom stereocenters. The van der Waals surface area contributed by atoms with Crippen molar-refractivity contribution in [1.29, 1.82) is 0 Å². The third kappa shape index (κ3) is 3.86. The molecule has 1 N–H and O–H groups in total. The Hall–Kier alpha value is -3.26. The van der Waals surface area contributed by atoms with Gasteiger partial charge in [-0.1, -0.05) is 0 Å². The number of anilines is 1.